The van der Waals surface area contributed by atoms with Gasteiger partial charge in [-0.15, -0.1) is 10.2 Å². The molecule has 2 aromatic rings. The molecule has 7 heteroatoms. The highest BCUT2D eigenvalue weighted by Gasteiger charge is 2.10. The van der Waals surface area contributed by atoms with Crippen LogP contribution in [0.2, 0.25) is 0 Å². The fraction of sp³-hybridized carbons (Fsp3) is 0.692. The van der Waals surface area contributed by atoms with Crippen LogP contribution < -0.4 is 0 Å². The molecule has 0 radical (unpaired) electrons. The van der Waals surface area contributed by atoms with Gasteiger partial charge in [0, 0.05) is 19.5 Å². The largest absolute Gasteiger partial charge is 0.338 e. The maximum Gasteiger partial charge on any atom is 0.240 e. The quantitative estimate of drug-likeness (QED) is 0.760. The number of aromatic nitrogens is 5. The van der Waals surface area contributed by atoms with E-state index in [1.165, 1.54) is 0 Å². The molecule has 0 aliphatic carbocycles. The first-order chi connectivity index (χ1) is 9.54. The van der Waals surface area contributed by atoms with Gasteiger partial charge >= 0.3 is 0 Å². The van der Waals surface area contributed by atoms with E-state index in [-0.39, 0.29) is 0 Å². The van der Waals surface area contributed by atoms with E-state index in [0.29, 0.717) is 18.4 Å². The van der Waals surface area contributed by atoms with Crippen molar-refractivity contribution < 1.29 is 4.52 Å². The van der Waals surface area contributed by atoms with Crippen LogP contribution in [0.4, 0.5) is 0 Å². The summed E-state index contributed by atoms with van der Waals surface area (Å²) in [6.45, 7) is 8.62. The maximum absolute atomic E-state index is 5.26. The lowest BCUT2D eigenvalue weighted by Gasteiger charge is -2.14. The van der Waals surface area contributed by atoms with Crippen LogP contribution in [-0.4, -0.2) is 43.4 Å². The minimum Gasteiger partial charge on any atom is -0.338 e. The number of likely N-dealkylation sites (N-methyl/N-ethyl adjacent to an activating group) is 1. The molecule has 0 bridgehead atoms. The van der Waals surface area contributed by atoms with Crippen LogP contribution in [0.1, 0.15) is 31.4 Å². The molecule has 7 nitrogen and oxygen atoms in total. The van der Waals surface area contributed by atoms with Gasteiger partial charge in [-0.1, -0.05) is 19.0 Å². The molecule has 0 aromatic carbocycles. The number of hydrogen-bond acceptors (Lipinski definition) is 6. The van der Waals surface area contributed by atoms with Crippen LogP contribution in [-0.2, 0) is 19.5 Å². The number of hydrogen-bond donors (Lipinski definition) is 0. The van der Waals surface area contributed by atoms with E-state index in [9.17, 15) is 0 Å². The number of aryl methyl sites for hydroxylation is 1. The second-order valence-corrected chi connectivity index (χ2v) is 5.51. The Labute approximate surface area is 119 Å². The summed E-state index contributed by atoms with van der Waals surface area (Å²) in [7, 11) is 2.03. The molecule has 0 fully saturated rings. The van der Waals surface area contributed by atoms with Crippen LogP contribution in [0.15, 0.2) is 10.9 Å². The molecule has 0 atom stereocenters. The molecular formula is C13H22N6O. The van der Waals surface area contributed by atoms with E-state index in [2.05, 4.69) is 39.1 Å². The summed E-state index contributed by atoms with van der Waals surface area (Å²) in [5, 5.41) is 11.8. The van der Waals surface area contributed by atoms with Gasteiger partial charge in [0.2, 0.25) is 5.89 Å². The first kappa shape index (κ1) is 14.6. The Morgan fingerprint density at radius 1 is 1.40 bits per heavy atom. The third-order valence-corrected chi connectivity index (χ3v) is 3.04. The van der Waals surface area contributed by atoms with Crippen molar-refractivity contribution in [1.29, 1.82) is 0 Å². The molecule has 0 N–H and O–H groups in total. The summed E-state index contributed by atoms with van der Waals surface area (Å²) < 4.78 is 7.29. The van der Waals surface area contributed by atoms with E-state index in [1.54, 1.807) is 6.33 Å². The molecule has 0 aliphatic rings. The Balaban J connectivity index is 1.80. The van der Waals surface area contributed by atoms with Crippen molar-refractivity contribution >= 4 is 0 Å². The standard InChI is InChI=1S/C13H22N6O/c1-10(2)7-12-15-13(20-17-12)8-18(4)5-6-19-9-14-16-11(19)3/h9-10H,5-8H2,1-4H3. The number of nitrogens with zero attached hydrogens (tertiary/aromatic N) is 6. The zero-order valence-electron chi connectivity index (χ0n) is 12.6. The summed E-state index contributed by atoms with van der Waals surface area (Å²) >= 11 is 0. The first-order valence-electron chi connectivity index (χ1n) is 6.89. The molecule has 0 unspecified atom stereocenters. The number of rotatable bonds is 7. The van der Waals surface area contributed by atoms with Crippen molar-refractivity contribution in [3.63, 3.8) is 0 Å². The lowest BCUT2D eigenvalue weighted by atomic mass is 10.1. The molecule has 0 saturated carbocycles. The molecule has 0 spiro atoms. The fourth-order valence-corrected chi connectivity index (χ4v) is 1.92. The van der Waals surface area contributed by atoms with E-state index < -0.39 is 0 Å². The van der Waals surface area contributed by atoms with Gasteiger partial charge in [-0.05, 0) is 19.9 Å². The van der Waals surface area contributed by atoms with Crippen LogP contribution in [0.3, 0.4) is 0 Å². The van der Waals surface area contributed by atoms with Gasteiger partial charge in [0.15, 0.2) is 5.82 Å². The Bertz CT molecular complexity index is 532. The second-order valence-electron chi connectivity index (χ2n) is 5.51. The van der Waals surface area contributed by atoms with Crippen LogP contribution in [0.5, 0.6) is 0 Å². The Morgan fingerprint density at radius 3 is 2.85 bits per heavy atom. The van der Waals surface area contributed by atoms with Crippen LogP contribution in [0, 0.1) is 12.8 Å². The molecule has 2 rings (SSSR count). The van der Waals surface area contributed by atoms with Gasteiger partial charge in [-0.2, -0.15) is 4.98 Å². The highest BCUT2D eigenvalue weighted by Crippen LogP contribution is 2.06. The van der Waals surface area contributed by atoms with Gasteiger partial charge in [0.25, 0.3) is 0 Å². The van der Waals surface area contributed by atoms with E-state index in [4.69, 9.17) is 4.52 Å². The molecular weight excluding hydrogens is 256 g/mol. The predicted molar refractivity (Wildman–Crippen MR) is 73.9 cm³/mol. The molecule has 20 heavy (non-hydrogen) atoms. The van der Waals surface area contributed by atoms with Gasteiger partial charge in [0.05, 0.1) is 6.54 Å². The molecule has 110 valence electrons. The second kappa shape index (κ2) is 6.60. The SMILES string of the molecule is Cc1nncn1CCN(C)Cc1nc(CC(C)C)no1. The minimum atomic E-state index is 0.537. The van der Waals surface area contributed by atoms with Gasteiger partial charge in [-0.3, -0.25) is 4.90 Å². The lowest BCUT2D eigenvalue weighted by molar-refractivity contribution is 0.257. The minimum absolute atomic E-state index is 0.537. The van der Waals surface area contributed by atoms with Gasteiger partial charge in [0.1, 0.15) is 12.2 Å². The Hall–Kier alpha value is -1.76. The summed E-state index contributed by atoms with van der Waals surface area (Å²) in [4.78, 5) is 6.55. The van der Waals surface area contributed by atoms with E-state index in [0.717, 1.165) is 31.2 Å². The summed E-state index contributed by atoms with van der Waals surface area (Å²) in [5.74, 6) is 2.92. The molecule has 0 amide bonds. The third-order valence-electron chi connectivity index (χ3n) is 3.04. The van der Waals surface area contributed by atoms with Crippen molar-refractivity contribution in [2.75, 3.05) is 13.6 Å². The average molecular weight is 278 g/mol. The van der Waals surface area contributed by atoms with E-state index >= 15 is 0 Å². The fourth-order valence-electron chi connectivity index (χ4n) is 1.92. The van der Waals surface area contributed by atoms with Crippen molar-refractivity contribution in [3.8, 4) is 0 Å². The smallest absolute Gasteiger partial charge is 0.240 e. The highest BCUT2D eigenvalue weighted by atomic mass is 16.5. The third kappa shape index (κ3) is 4.12. The summed E-state index contributed by atoms with van der Waals surface area (Å²) in [5.41, 5.74) is 0. The molecule has 2 heterocycles. The zero-order chi connectivity index (χ0) is 14.5. The molecule has 2 aromatic heterocycles. The summed E-state index contributed by atoms with van der Waals surface area (Å²) in [6.07, 6.45) is 2.60. The molecule has 0 aliphatic heterocycles. The normalized spacial score (nSPS) is 11.7. The van der Waals surface area contributed by atoms with Crippen LogP contribution in [0.25, 0.3) is 0 Å². The van der Waals surface area contributed by atoms with Crippen molar-refractivity contribution in [3.05, 3.63) is 23.9 Å². The highest BCUT2D eigenvalue weighted by molar-refractivity contribution is 4.87. The van der Waals surface area contributed by atoms with Gasteiger partial charge in [-0.25, -0.2) is 0 Å². The monoisotopic (exact) mass is 278 g/mol. The average Bonchev–Trinajstić information content (AvgIpc) is 2.96. The van der Waals surface area contributed by atoms with Crippen molar-refractivity contribution in [1.82, 2.24) is 29.8 Å². The Kier molecular flexibility index (Phi) is 4.84. The predicted octanol–water partition coefficient (Wildman–Crippen LogP) is 1.30. The van der Waals surface area contributed by atoms with Gasteiger partial charge < -0.3 is 9.09 Å². The zero-order valence-corrected chi connectivity index (χ0v) is 12.6. The van der Waals surface area contributed by atoms with E-state index in [1.807, 2.05) is 18.5 Å². The van der Waals surface area contributed by atoms with Crippen LogP contribution >= 0.6 is 0 Å². The maximum atomic E-state index is 5.26. The molecule has 0 saturated heterocycles. The van der Waals surface area contributed by atoms with Crippen molar-refractivity contribution in [2.45, 2.75) is 40.3 Å². The topological polar surface area (TPSA) is 72.9 Å². The lowest BCUT2D eigenvalue weighted by Crippen LogP contribution is -2.23. The summed E-state index contributed by atoms with van der Waals surface area (Å²) in [6, 6.07) is 0. The van der Waals surface area contributed by atoms with Crippen molar-refractivity contribution in [2.24, 2.45) is 5.92 Å². The first-order valence-corrected chi connectivity index (χ1v) is 6.89. The Morgan fingerprint density at radius 2 is 2.20 bits per heavy atom.